The fourth-order valence-corrected chi connectivity index (χ4v) is 5.31. The van der Waals surface area contributed by atoms with Gasteiger partial charge in [-0.3, -0.25) is 19.1 Å². The van der Waals surface area contributed by atoms with Crippen LogP contribution in [0.15, 0.2) is 69.9 Å². The van der Waals surface area contributed by atoms with E-state index in [1.807, 2.05) is 35.8 Å². The molecule has 0 saturated heterocycles. The van der Waals surface area contributed by atoms with Crippen molar-refractivity contribution in [1.82, 2.24) is 19.5 Å². The van der Waals surface area contributed by atoms with Gasteiger partial charge in [0.1, 0.15) is 12.2 Å². The molecule has 0 unspecified atom stereocenters. The third kappa shape index (κ3) is 6.23. The first-order chi connectivity index (χ1) is 16.4. The smallest absolute Gasteiger partial charge is 0.262 e. The van der Waals surface area contributed by atoms with Gasteiger partial charge >= 0.3 is 0 Å². The minimum absolute atomic E-state index is 0.0732. The summed E-state index contributed by atoms with van der Waals surface area (Å²) in [7, 11) is -3.78. The Labute approximate surface area is 203 Å². The Morgan fingerprint density at radius 1 is 1.12 bits per heavy atom. The molecule has 0 fully saturated rings. The number of aromatic nitrogens is 3. The molecule has 0 aliphatic carbocycles. The molecular formula is C23H26N6O3S2. The number of sulfonamides is 1. The maximum atomic E-state index is 12.8. The first-order valence-corrected chi connectivity index (χ1v) is 13.4. The number of rotatable bonds is 7. The molecule has 2 aromatic carbocycles. The van der Waals surface area contributed by atoms with E-state index in [-0.39, 0.29) is 16.6 Å². The summed E-state index contributed by atoms with van der Waals surface area (Å²) >= 11 is 1.25. The second-order valence-electron chi connectivity index (χ2n) is 7.93. The van der Waals surface area contributed by atoms with Gasteiger partial charge in [-0.05, 0) is 50.1 Å². The van der Waals surface area contributed by atoms with E-state index in [2.05, 4.69) is 25.2 Å². The third-order valence-electron chi connectivity index (χ3n) is 5.22. The fraction of sp³-hybridized carbons (Fsp3) is 0.304. The number of carbonyl (C=O) groups excluding carboxylic acids is 1. The van der Waals surface area contributed by atoms with Crippen molar-refractivity contribution in [3.63, 3.8) is 0 Å². The van der Waals surface area contributed by atoms with Gasteiger partial charge in [-0.25, -0.2) is 8.42 Å². The highest BCUT2D eigenvalue weighted by Crippen LogP contribution is 2.21. The van der Waals surface area contributed by atoms with E-state index in [0.717, 1.165) is 30.5 Å². The van der Waals surface area contributed by atoms with Crippen molar-refractivity contribution in [3.8, 4) is 5.69 Å². The first kappa shape index (κ1) is 24.0. The third-order valence-corrected chi connectivity index (χ3v) is 7.54. The van der Waals surface area contributed by atoms with Gasteiger partial charge in [0.2, 0.25) is 5.91 Å². The highest BCUT2D eigenvalue weighted by atomic mass is 32.2. The van der Waals surface area contributed by atoms with Crippen LogP contribution in [0.5, 0.6) is 0 Å². The van der Waals surface area contributed by atoms with Gasteiger partial charge in [0.25, 0.3) is 10.0 Å². The summed E-state index contributed by atoms with van der Waals surface area (Å²) in [6.45, 7) is 2.64. The van der Waals surface area contributed by atoms with Crippen LogP contribution >= 0.6 is 11.8 Å². The Morgan fingerprint density at radius 3 is 2.76 bits per heavy atom. The zero-order valence-electron chi connectivity index (χ0n) is 18.8. The second-order valence-corrected chi connectivity index (χ2v) is 10.6. The van der Waals surface area contributed by atoms with Gasteiger partial charge in [0, 0.05) is 24.3 Å². The van der Waals surface area contributed by atoms with Crippen LogP contribution in [0.25, 0.3) is 5.69 Å². The van der Waals surface area contributed by atoms with Crippen LogP contribution in [0.4, 0.5) is 5.69 Å². The van der Waals surface area contributed by atoms with E-state index in [1.165, 1.54) is 23.9 Å². The number of amidine groups is 1. The van der Waals surface area contributed by atoms with Gasteiger partial charge < -0.3 is 5.32 Å². The molecule has 34 heavy (non-hydrogen) atoms. The molecule has 0 saturated carbocycles. The predicted molar refractivity (Wildman–Crippen MR) is 133 cm³/mol. The van der Waals surface area contributed by atoms with Gasteiger partial charge in [-0.2, -0.15) is 0 Å². The molecule has 0 radical (unpaired) electrons. The highest BCUT2D eigenvalue weighted by Gasteiger charge is 2.18. The van der Waals surface area contributed by atoms with Crippen LogP contribution in [0, 0.1) is 6.92 Å². The summed E-state index contributed by atoms with van der Waals surface area (Å²) in [6.07, 6.45) is 5.12. The Morgan fingerprint density at radius 2 is 1.94 bits per heavy atom. The summed E-state index contributed by atoms with van der Waals surface area (Å²) in [5.74, 6) is 0.302. The van der Waals surface area contributed by atoms with E-state index in [9.17, 15) is 13.2 Å². The van der Waals surface area contributed by atoms with Crippen LogP contribution in [-0.2, 0) is 14.8 Å². The summed E-state index contributed by atoms with van der Waals surface area (Å²) in [5.41, 5.74) is 2.45. The van der Waals surface area contributed by atoms with Crippen LogP contribution < -0.4 is 10.0 Å². The van der Waals surface area contributed by atoms with Crippen molar-refractivity contribution >= 4 is 39.2 Å². The lowest BCUT2D eigenvalue weighted by Crippen LogP contribution is -2.30. The predicted octanol–water partition coefficient (Wildman–Crippen LogP) is 3.56. The molecule has 11 heteroatoms. The normalized spacial score (nSPS) is 14.2. The summed E-state index contributed by atoms with van der Waals surface area (Å²) in [4.78, 5) is 16.9. The Kier molecular flexibility index (Phi) is 7.63. The zero-order chi connectivity index (χ0) is 24.0. The average Bonchev–Trinajstić information content (AvgIpc) is 3.14. The molecule has 1 aromatic heterocycles. The Balaban J connectivity index is 1.38. The van der Waals surface area contributed by atoms with Crippen molar-refractivity contribution in [2.45, 2.75) is 42.7 Å². The van der Waals surface area contributed by atoms with E-state index in [4.69, 9.17) is 0 Å². The molecule has 9 nitrogen and oxygen atoms in total. The minimum Gasteiger partial charge on any atom is -0.325 e. The van der Waals surface area contributed by atoms with Crippen molar-refractivity contribution in [1.29, 1.82) is 0 Å². The summed E-state index contributed by atoms with van der Waals surface area (Å²) < 4.78 is 30.0. The number of nitrogens with one attached hydrogen (secondary N) is 2. The van der Waals surface area contributed by atoms with Gasteiger partial charge in [-0.15, -0.1) is 10.2 Å². The van der Waals surface area contributed by atoms with Crippen LogP contribution in [-0.4, -0.2) is 47.2 Å². The van der Waals surface area contributed by atoms with E-state index < -0.39 is 10.0 Å². The van der Waals surface area contributed by atoms with Crippen molar-refractivity contribution in [2.24, 2.45) is 4.99 Å². The number of amides is 1. The van der Waals surface area contributed by atoms with Gasteiger partial charge in [0.05, 0.1) is 10.6 Å². The molecule has 0 atom stereocenters. The maximum absolute atomic E-state index is 12.8. The van der Waals surface area contributed by atoms with E-state index in [1.54, 1.807) is 18.5 Å². The monoisotopic (exact) mass is 498 g/mol. The maximum Gasteiger partial charge on any atom is 0.262 e. The number of benzene rings is 2. The van der Waals surface area contributed by atoms with E-state index >= 15 is 0 Å². The molecule has 2 N–H and O–H groups in total. The van der Waals surface area contributed by atoms with Crippen LogP contribution in [0.1, 0.15) is 31.2 Å². The quantitative estimate of drug-likeness (QED) is 0.481. The van der Waals surface area contributed by atoms with Gasteiger partial charge in [0.15, 0.2) is 5.16 Å². The molecule has 0 bridgehead atoms. The molecule has 178 valence electrons. The van der Waals surface area contributed by atoms with Crippen LogP contribution in [0.2, 0.25) is 0 Å². The Hall–Kier alpha value is -3.18. The lowest BCUT2D eigenvalue weighted by atomic mass is 10.2. The number of anilines is 1. The van der Waals surface area contributed by atoms with Crippen LogP contribution in [0.3, 0.4) is 0 Å². The number of nitrogens with zero attached hydrogens (tertiary/aromatic N) is 4. The number of thioether (sulfide) groups is 1. The molecule has 3 aromatic rings. The minimum atomic E-state index is -3.78. The van der Waals surface area contributed by atoms with E-state index in [0.29, 0.717) is 29.6 Å². The largest absolute Gasteiger partial charge is 0.325 e. The fourth-order valence-electron chi connectivity index (χ4n) is 3.44. The second kappa shape index (κ2) is 10.8. The zero-order valence-corrected chi connectivity index (χ0v) is 20.4. The standard InChI is InChI=1S/C23H26N6O3S2/c1-17-9-11-19(12-10-17)29-16-25-27-23(29)33-15-22(30)26-18-6-5-7-20(14-18)34(31,32)28-21-8-3-2-4-13-24-21/h5-7,9-12,14,16H,2-4,8,13,15H2,1H3,(H,24,28)(H,26,30). The van der Waals surface area contributed by atoms with Gasteiger partial charge in [-0.1, -0.05) is 41.9 Å². The van der Waals surface area contributed by atoms with Crippen molar-refractivity contribution in [3.05, 3.63) is 60.4 Å². The first-order valence-electron chi connectivity index (χ1n) is 11.0. The highest BCUT2D eigenvalue weighted by molar-refractivity contribution is 7.99. The lowest BCUT2D eigenvalue weighted by molar-refractivity contribution is -0.113. The average molecular weight is 499 g/mol. The molecule has 1 aliphatic heterocycles. The summed E-state index contributed by atoms with van der Waals surface area (Å²) in [6, 6.07) is 14.1. The SMILES string of the molecule is Cc1ccc(-n2cnnc2SCC(=O)Nc2cccc(S(=O)(=O)NC3=NCCCCC3)c2)cc1. The Bertz CT molecular complexity index is 1290. The molecular weight excluding hydrogens is 472 g/mol. The molecule has 1 aliphatic rings. The summed E-state index contributed by atoms with van der Waals surface area (Å²) in [5, 5.41) is 11.4. The molecule has 1 amide bonds. The number of carbonyl (C=O) groups is 1. The lowest BCUT2D eigenvalue weighted by Gasteiger charge is -2.11. The van der Waals surface area contributed by atoms with Crippen molar-refractivity contribution < 1.29 is 13.2 Å². The molecule has 4 rings (SSSR count). The molecule has 2 heterocycles. The number of aryl methyl sites for hydroxylation is 1. The molecule has 0 spiro atoms. The number of hydrogen-bond donors (Lipinski definition) is 2. The number of aliphatic imine (C=N–C) groups is 1. The van der Waals surface area contributed by atoms with Crippen molar-refractivity contribution in [2.75, 3.05) is 17.6 Å². The number of hydrogen-bond acceptors (Lipinski definition) is 7. The topological polar surface area (TPSA) is 118 Å².